The number of fused-ring (bicyclic) bond motifs is 1. The van der Waals surface area contributed by atoms with Gasteiger partial charge in [0.25, 0.3) is 0 Å². The number of rotatable bonds is 7. The van der Waals surface area contributed by atoms with Gasteiger partial charge in [0.15, 0.2) is 0 Å². The van der Waals surface area contributed by atoms with E-state index >= 15 is 0 Å². The summed E-state index contributed by atoms with van der Waals surface area (Å²) in [5, 5.41) is 9.74. The van der Waals surface area contributed by atoms with E-state index in [1.807, 2.05) is 37.9 Å². The van der Waals surface area contributed by atoms with E-state index in [4.69, 9.17) is 4.74 Å². The zero-order valence-electron chi connectivity index (χ0n) is 19.6. The molecule has 1 heterocycles. The molecular weight excluding hydrogens is 443 g/mol. The van der Waals surface area contributed by atoms with E-state index in [1.54, 1.807) is 43.3 Å². The van der Waals surface area contributed by atoms with Gasteiger partial charge >= 0.3 is 0 Å². The van der Waals surface area contributed by atoms with Crippen molar-refractivity contribution >= 4 is 16.1 Å². The predicted molar refractivity (Wildman–Crippen MR) is 128 cm³/mol. The fourth-order valence-corrected chi connectivity index (χ4v) is 5.87. The Hall–Kier alpha value is -2.26. The first-order valence-electron chi connectivity index (χ1n) is 11.2. The number of allylic oxidation sites excluding steroid dienone is 1. The third-order valence-electron chi connectivity index (χ3n) is 5.94. The first-order valence-corrected chi connectivity index (χ1v) is 12.6. The van der Waals surface area contributed by atoms with Crippen molar-refractivity contribution in [3.8, 4) is 5.75 Å². The number of likely N-dealkylation sites (N-methyl/N-ethyl adjacent to an activating group) is 1. The van der Waals surface area contributed by atoms with Crippen molar-refractivity contribution in [3.63, 3.8) is 0 Å². The quantitative estimate of drug-likeness (QED) is 0.659. The van der Waals surface area contributed by atoms with Gasteiger partial charge in [-0.1, -0.05) is 43.3 Å². The fourth-order valence-electron chi connectivity index (χ4n) is 4.05. The maximum atomic E-state index is 14.1. The molecule has 0 saturated heterocycles. The SMILES string of the molecule is C/C=C/c1ccc2c(c1)O[C@@H](CN(C)Cc1ccccc1F)[C@H](C)CN([C@H](C)CO)S2(=O)=O. The summed E-state index contributed by atoms with van der Waals surface area (Å²) in [5.41, 5.74) is 1.42. The average molecular weight is 477 g/mol. The van der Waals surface area contributed by atoms with Crippen molar-refractivity contribution < 1.29 is 22.7 Å². The predicted octanol–water partition coefficient (Wildman–Crippen LogP) is 3.76. The van der Waals surface area contributed by atoms with Gasteiger partial charge in [0, 0.05) is 37.2 Å². The minimum absolute atomic E-state index is 0.0877. The molecule has 0 aliphatic carbocycles. The van der Waals surface area contributed by atoms with Crippen LogP contribution in [-0.4, -0.2) is 61.6 Å². The molecule has 8 heteroatoms. The maximum absolute atomic E-state index is 14.1. The zero-order valence-corrected chi connectivity index (χ0v) is 20.4. The van der Waals surface area contributed by atoms with Gasteiger partial charge in [0.1, 0.15) is 22.6 Å². The molecule has 0 fully saturated rings. The summed E-state index contributed by atoms with van der Waals surface area (Å²) in [7, 11) is -1.97. The third kappa shape index (κ3) is 5.81. The standard InChI is InChI=1S/C25H33FN2O4S/c1-5-8-20-11-12-25-23(13-20)32-24(16-27(4)15-21-9-6-7-10-22(21)26)18(2)14-28(19(3)17-29)33(25,30)31/h5-13,18-19,24,29H,14-17H2,1-4H3/b8-5+/t18-,19-,24+/m1/s1. The molecule has 2 aromatic carbocycles. The van der Waals surface area contributed by atoms with Gasteiger partial charge < -0.3 is 9.84 Å². The zero-order chi connectivity index (χ0) is 24.2. The first kappa shape index (κ1) is 25.4. The maximum Gasteiger partial charge on any atom is 0.247 e. The topological polar surface area (TPSA) is 70.1 Å². The number of nitrogens with zero attached hydrogens (tertiary/aromatic N) is 2. The van der Waals surface area contributed by atoms with Gasteiger partial charge in [-0.25, -0.2) is 12.8 Å². The molecule has 3 atom stereocenters. The normalized spacial score (nSPS) is 21.9. The molecule has 0 unspecified atom stereocenters. The fraction of sp³-hybridized carbons (Fsp3) is 0.440. The second-order valence-corrected chi connectivity index (χ2v) is 10.6. The molecule has 2 aromatic rings. The molecule has 1 N–H and O–H groups in total. The average Bonchev–Trinajstić information content (AvgIpc) is 2.77. The monoisotopic (exact) mass is 476 g/mol. The molecule has 1 aliphatic rings. The number of hydrogen-bond donors (Lipinski definition) is 1. The lowest BCUT2D eigenvalue weighted by Gasteiger charge is -2.37. The molecule has 180 valence electrons. The Morgan fingerprint density at radius 1 is 1.30 bits per heavy atom. The van der Waals surface area contributed by atoms with Crippen LogP contribution in [0.15, 0.2) is 53.4 Å². The Balaban J connectivity index is 1.97. The highest BCUT2D eigenvalue weighted by atomic mass is 32.2. The van der Waals surface area contributed by atoms with E-state index in [9.17, 15) is 17.9 Å². The van der Waals surface area contributed by atoms with Crippen molar-refractivity contribution in [1.29, 1.82) is 0 Å². The molecule has 0 bridgehead atoms. The lowest BCUT2D eigenvalue weighted by atomic mass is 10.0. The molecule has 1 aliphatic heterocycles. The first-order chi connectivity index (χ1) is 15.7. The Morgan fingerprint density at radius 3 is 2.70 bits per heavy atom. The summed E-state index contributed by atoms with van der Waals surface area (Å²) in [6, 6.07) is 11.1. The number of benzene rings is 2. The van der Waals surface area contributed by atoms with E-state index in [2.05, 4.69) is 0 Å². The van der Waals surface area contributed by atoms with E-state index in [-0.39, 0.29) is 41.6 Å². The van der Waals surface area contributed by atoms with Crippen molar-refractivity contribution in [2.24, 2.45) is 5.92 Å². The van der Waals surface area contributed by atoms with Gasteiger partial charge in [0.2, 0.25) is 10.0 Å². The van der Waals surface area contributed by atoms with Crippen LogP contribution in [0.5, 0.6) is 5.75 Å². The van der Waals surface area contributed by atoms with E-state index < -0.39 is 16.1 Å². The van der Waals surface area contributed by atoms with Crippen LogP contribution in [-0.2, 0) is 16.6 Å². The minimum atomic E-state index is -3.86. The van der Waals surface area contributed by atoms with Crippen LogP contribution in [0.3, 0.4) is 0 Å². The molecule has 0 aromatic heterocycles. The third-order valence-corrected chi connectivity index (χ3v) is 7.96. The highest BCUT2D eigenvalue weighted by molar-refractivity contribution is 7.89. The molecule has 3 rings (SSSR count). The largest absolute Gasteiger partial charge is 0.487 e. The molecule has 0 amide bonds. The summed E-state index contributed by atoms with van der Waals surface area (Å²) < 4.78 is 48.8. The second-order valence-electron chi connectivity index (χ2n) is 8.73. The van der Waals surface area contributed by atoms with Gasteiger partial charge in [-0.15, -0.1) is 0 Å². The second kappa shape index (κ2) is 10.8. The van der Waals surface area contributed by atoms with Crippen LogP contribution in [0.2, 0.25) is 0 Å². The Kier molecular flexibility index (Phi) is 8.28. The lowest BCUT2D eigenvalue weighted by molar-refractivity contribution is 0.0731. The van der Waals surface area contributed by atoms with Crippen LogP contribution in [0.4, 0.5) is 4.39 Å². The molecule has 0 spiro atoms. The van der Waals surface area contributed by atoms with Crippen molar-refractivity contribution in [2.45, 2.75) is 44.4 Å². The summed E-state index contributed by atoms with van der Waals surface area (Å²) in [4.78, 5) is 2.06. The highest BCUT2D eigenvalue weighted by Crippen LogP contribution is 2.34. The van der Waals surface area contributed by atoms with Crippen LogP contribution >= 0.6 is 0 Å². The summed E-state index contributed by atoms with van der Waals surface area (Å²) in [6.45, 7) is 6.33. The minimum Gasteiger partial charge on any atom is -0.487 e. The van der Waals surface area contributed by atoms with Gasteiger partial charge in [0.05, 0.1) is 6.61 Å². The van der Waals surface area contributed by atoms with Crippen molar-refractivity contribution in [2.75, 3.05) is 26.7 Å². The Bertz CT molecular complexity index is 1090. The van der Waals surface area contributed by atoms with E-state index in [0.717, 1.165) is 5.56 Å². The molecule has 6 nitrogen and oxygen atoms in total. The number of aliphatic hydroxyl groups excluding tert-OH is 1. The number of hydrogen-bond acceptors (Lipinski definition) is 5. The van der Waals surface area contributed by atoms with E-state index in [1.165, 1.54) is 10.4 Å². The number of aliphatic hydroxyl groups is 1. The summed E-state index contributed by atoms with van der Waals surface area (Å²) >= 11 is 0. The number of halogens is 1. The lowest BCUT2D eigenvalue weighted by Crippen LogP contribution is -2.49. The Morgan fingerprint density at radius 2 is 2.03 bits per heavy atom. The number of sulfonamides is 1. The van der Waals surface area contributed by atoms with E-state index in [0.29, 0.717) is 18.7 Å². The molecule has 33 heavy (non-hydrogen) atoms. The summed E-state index contributed by atoms with van der Waals surface area (Å²) in [5.74, 6) is -0.140. The van der Waals surface area contributed by atoms with Crippen LogP contribution in [0.1, 0.15) is 31.9 Å². The highest BCUT2D eigenvalue weighted by Gasteiger charge is 2.38. The van der Waals surface area contributed by atoms with Gasteiger partial charge in [-0.3, -0.25) is 4.90 Å². The van der Waals surface area contributed by atoms with Crippen LogP contribution < -0.4 is 4.74 Å². The van der Waals surface area contributed by atoms with Crippen LogP contribution in [0.25, 0.3) is 6.08 Å². The molecule has 0 saturated carbocycles. The number of ether oxygens (including phenoxy) is 1. The molecule has 0 radical (unpaired) electrons. The van der Waals surface area contributed by atoms with Gasteiger partial charge in [-0.2, -0.15) is 4.31 Å². The Labute approximate surface area is 196 Å². The van der Waals surface area contributed by atoms with Crippen molar-refractivity contribution in [1.82, 2.24) is 9.21 Å². The smallest absolute Gasteiger partial charge is 0.247 e. The molecular formula is C25H33FN2O4S. The van der Waals surface area contributed by atoms with Crippen LogP contribution in [0, 0.1) is 11.7 Å². The summed E-state index contributed by atoms with van der Waals surface area (Å²) in [6.07, 6.45) is 3.42. The van der Waals surface area contributed by atoms with Gasteiger partial charge in [-0.05, 0) is 44.7 Å². The van der Waals surface area contributed by atoms with Crippen molar-refractivity contribution in [3.05, 3.63) is 65.5 Å².